The number of methoxy groups -OCH3 is 5. The standard InChI is InChI=1S/C22H23NO7S/c1-25-13-6-7-15(27-3)19(12-13)31-20-9-8-16(30-20)22(24)23-21-17(28-4)10-14(26-2)11-18(21)29-5/h6-12H,1-5H3,(H,23,24). The lowest BCUT2D eigenvalue weighted by atomic mass is 10.2. The topological polar surface area (TPSA) is 88.4 Å². The lowest BCUT2D eigenvalue weighted by Crippen LogP contribution is -2.13. The maximum Gasteiger partial charge on any atom is 0.291 e. The van der Waals surface area contributed by atoms with E-state index in [-0.39, 0.29) is 5.76 Å². The highest BCUT2D eigenvalue weighted by Crippen LogP contribution is 2.40. The van der Waals surface area contributed by atoms with E-state index in [1.807, 2.05) is 6.07 Å². The fraction of sp³-hybridized carbons (Fsp3) is 0.227. The number of carbonyl (C=O) groups excluding carboxylic acids is 1. The van der Waals surface area contributed by atoms with Crippen molar-refractivity contribution in [2.75, 3.05) is 40.9 Å². The second-order valence-electron chi connectivity index (χ2n) is 6.10. The van der Waals surface area contributed by atoms with Crippen molar-refractivity contribution in [3.05, 3.63) is 48.2 Å². The van der Waals surface area contributed by atoms with E-state index in [1.54, 1.807) is 50.6 Å². The van der Waals surface area contributed by atoms with Gasteiger partial charge in [0.05, 0.1) is 40.4 Å². The van der Waals surface area contributed by atoms with Crippen molar-refractivity contribution in [1.29, 1.82) is 0 Å². The quantitative estimate of drug-likeness (QED) is 0.506. The van der Waals surface area contributed by atoms with Crippen LogP contribution >= 0.6 is 11.8 Å². The van der Waals surface area contributed by atoms with Crippen LogP contribution in [-0.4, -0.2) is 41.5 Å². The molecule has 0 aliphatic carbocycles. The highest BCUT2D eigenvalue weighted by atomic mass is 32.2. The van der Waals surface area contributed by atoms with E-state index >= 15 is 0 Å². The normalized spacial score (nSPS) is 10.4. The number of hydrogen-bond acceptors (Lipinski definition) is 8. The van der Waals surface area contributed by atoms with Gasteiger partial charge < -0.3 is 33.4 Å². The van der Waals surface area contributed by atoms with Crippen LogP contribution in [0.2, 0.25) is 0 Å². The summed E-state index contributed by atoms with van der Waals surface area (Å²) in [4.78, 5) is 13.6. The summed E-state index contributed by atoms with van der Waals surface area (Å²) in [5.41, 5.74) is 0.371. The first-order valence-corrected chi connectivity index (χ1v) is 9.95. The van der Waals surface area contributed by atoms with Crippen molar-refractivity contribution in [2.24, 2.45) is 0 Å². The number of benzene rings is 2. The molecule has 1 N–H and O–H groups in total. The second-order valence-corrected chi connectivity index (χ2v) is 7.14. The number of anilines is 1. The molecule has 164 valence electrons. The van der Waals surface area contributed by atoms with E-state index in [9.17, 15) is 4.79 Å². The molecule has 31 heavy (non-hydrogen) atoms. The molecule has 0 saturated heterocycles. The van der Waals surface area contributed by atoms with Gasteiger partial charge in [0.15, 0.2) is 10.9 Å². The molecule has 0 aliphatic heterocycles. The summed E-state index contributed by atoms with van der Waals surface area (Å²) in [5.74, 6) is 2.36. The van der Waals surface area contributed by atoms with Gasteiger partial charge in [-0.15, -0.1) is 0 Å². The Labute approximate surface area is 184 Å². The van der Waals surface area contributed by atoms with Gasteiger partial charge in [-0.05, 0) is 42.1 Å². The zero-order valence-electron chi connectivity index (χ0n) is 17.8. The zero-order chi connectivity index (χ0) is 22.4. The molecule has 0 unspecified atom stereocenters. The third-order valence-corrected chi connectivity index (χ3v) is 5.30. The summed E-state index contributed by atoms with van der Waals surface area (Å²) in [6.45, 7) is 0. The van der Waals surface area contributed by atoms with Gasteiger partial charge in [0.1, 0.15) is 34.4 Å². The van der Waals surface area contributed by atoms with Gasteiger partial charge in [0.25, 0.3) is 5.91 Å². The minimum Gasteiger partial charge on any atom is -0.497 e. The minimum atomic E-state index is -0.453. The molecule has 1 amide bonds. The van der Waals surface area contributed by atoms with Crippen LogP contribution < -0.4 is 29.0 Å². The molecule has 8 nitrogen and oxygen atoms in total. The molecule has 0 spiro atoms. The van der Waals surface area contributed by atoms with E-state index in [4.69, 9.17) is 28.1 Å². The van der Waals surface area contributed by atoms with Gasteiger partial charge in [-0.3, -0.25) is 4.79 Å². The largest absolute Gasteiger partial charge is 0.497 e. The lowest BCUT2D eigenvalue weighted by molar-refractivity contribution is 0.0991. The molecule has 0 saturated carbocycles. The summed E-state index contributed by atoms with van der Waals surface area (Å²) >= 11 is 1.32. The Morgan fingerprint density at radius 3 is 2.00 bits per heavy atom. The predicted octanol–water partition coefficient (Wildman–Crippen LogP) is 4.73. The molecule has 3 rings (SSSR count). The van der Waals surface area contributed by atoms with Crippen molar-refractivity contribution in [3.8, 4) is 28.7 Å². The van der Waals surface area contributed by atoms with Crippen LogP contribution in [0, 0.1) is 0 Å². The van der Waals surface area contributed by atoms with Crippen molar-refractivity contribution in [2.45, 2.75) is 9.99 Å². The summed E-state index contributed by atoms with van der Waals surface area (Å²) in [6.07, 6.45) is 0. The maximum atomic E-state index is 12.8. The molecule has 1 aromatic heterocycles. The average Bonchev–Trinajstić information content (AvgIpc) is 3.27. The fourth-order valence-corrected chi connectivity index (χ4v) is 3.68. The Hall–Kier alpha value is -3.46. The summed E-state index contributed by atoms with van der Waals surface area (Å²) in [5, 5.41) is 3.29. The first-order valence-electron chi connectivity index (χ1n) is 9.14. The van der Waals surface area contributed by atoms with Crippen LogP contribution in [0.15, 0.2) is 56.9 Å². The van der Waals surface area contributed by atoms with Crippen LogP contribution in [0.25, 0.3) is 0 Å². The number of amides is 1. The summed E-state index contributed by atoms with van der Waals surface area (Å²) in [6, 6.07) is 12.0. The first kappa shape index (κ1) is 22.2. The SMILES string of the molecule is COc1cc(OC)c(NC(=O)c2ccc(Sc3cc(OC)ccc3OC)o2)c(OC)c1. The Kier molecular flexibility index (Phi) is 7.19. The van der Waals surface area contributed by atoms with E-state index in [2.05, 4.69) is 5.32 Å². The number of hydrogen-bond donors (Lipinski definition) is 1. The third kappa shape index (κ3) is 5.00. The maximum absolute atomic E-state index is 12.8. The molecular formula is C22H23NO7S. The molecule has 0 fully saturated rings. The molecule has 0 radical (unpaired) electrons. The van der Waals surface area contributed by atoms with E-state index in [1.165, 1.54) is 33.1 Å². The lowest BCUT2D eigenvalue weighted by Gasteiger charge is -2.15. The summed E-state index contributed by atoms with van der Waals surface area (Å²) < 4.78 is 32.3. The van der Waals surface area contributed by atoms with Crippen molar-refractivity contribution >= 4 is 23.4 Å². The molecule has 0 atom stereocenters. The Morgan fingerprint density at radius 2 is 1.42 bits per heavy atom. The molecule has 0 aliphatic rings. The van der Waals surface area contributed by atoms with E-state index in [0.29, 0.717) is 39.5 Å². The van der Waals surface area contributed by atoms with Crippen LogP contribution in [0.3, 0.4) is 0 Å². The number of nitrogens with one attached hydrogen (secondary N) is 1. The van der Waals surface area contributed by atoms with Crippen LogP contribution in [0.1, 0.15) is 10.6 Å². The predicted molar refractivity (Wildman–Crippen MR) is 116 cm³/mol. The van der Waals surface area contributed by atoms with Gasteiger partial charge >= 0.3 is 0 Å². The fourth-order valence-electron chi connectivity index (χ4n) is 2.77. The molecule has 9 heteroatoms. The summed E-state index contributed by atoms with van der Waals surface area (Å²) in [7, 11) is 7.70. The smallest absolute Gasteiger partial charge is 0.291 e. The van der Waals surface area contributed by atoms with Crippen LogP contribution in [0.4, 0.5) is 5.69 Å². The Balaban J connectivity index is 1.82. The van der Waals surface area contributed by atoms with Gasteiger partial charge in [-0.25, -0.2) is 0 Å². The third-order valence-electron chi connectivity index (χ3n) is 4.34. The van der Waals surface area contributed by atoms with Gasteiger partial charge in [-0.2, -0.15) is 0 Å². The van der Waals surface area contributed by atoms with Gasteiger partial charge in [-0.1, -0.05) is 0 Å². The number of furan rings is 1. The zero-order valence-corrected chi connectivity index (χ0v) is 18.6. The van der Waals surface area contributed by atoms with E-state index < -0.39 is 5.91 Å². The number of ether oxygens (including phenoxy) is 5. The molecular weight excluding hydrogens is 422 g/mol. The monoisotopic (exact) mass is 445 g/mol. The Bertz CT molecular complexity index is 1040. The van der Waals surface area contributed by atoms with Crippen LogP contribution in [0.5, 0.6) is 28.7 Å². The van der Waals surface area contributed by atoms with Crippen molar-refractivity contribution in [1.82, 2.24) is 0 Å². The minimum absolute atomic E-state index is 0.129. The van der Waals surface area contributed by atoms with Crippen molar-refractivity contribution in [3.63, 3.8) is 0 Å². The highest BCUT2D eigenvalue weighted by molar-refractivity contribution is 7.99. The number of rotatable bonds is 9. The molecule has 1 heterocycles. The average molecular weight is 445 g/mol. The first-order chi connectivity index (χ1) is 15.0. The second kappa shape index (κ2) is 10.0. The number of carbonyl (C=O) groups is 1. The Morgan fingerprint density at radius 1 is 0.774 bits per heavy atom. The van der Waals surface area contributed by atoms with Crippen molar-refractivity contribution < 1.29 is 32.9 Å². The molecule has 0 bridgehead atoms. The van der Waals surface area contributed by atoms with Crippen LogP contribution in [-0.2, 0) is 0 Å². The molecule has 3 aromatic rings. The van der Waals surface area contributed by atoms with Gasteiger partial charge in [0.2, 0.25) is 0 Å². The highest BCUT2D eigenvalue weighted by Gasteiger charge is 2.19. The van der Waals surface area contributed by atoms with Gasteiger partial charge in [0, 0.05) is 12.1 Å². The molecule has 2 aromatic carbocycles. The van der Waals surface area contributed by atoms with E-state index in [0.717, 1.165) is 4.90 Å².